The van der Waals surface area contributed by atoms with Crippen molar-refractivity contribution < 1.29 is 8.78 Å². The van der Waals surface area contributed by atoms with Gasteiger partial charge in [-0.15, -0.1) is 0 Å². The first-order valence-corrected chi connectivity index (χ1v) is 5.04. The zero-order valence-corrected chi connectivity index (χ0v) is 9.07. The molecule has 66 valence electrons. The molecule has 0 spiro atoms. The van der Waals surface area contributed by atoms with E-state index >= 15 is 0 Å². The van der Waals surface area contributed by atoms with Crippen molar-refractivity contribution in [3.8, 4) is 0 Å². The molecule has 1 aromatic heterocycles. The Morgan fingerprint density at radius 2 is 2.08 bits per heavy atom. The van der Waals surface area contributed by atoms with E-state index in [1.54, 1.807) is 6.20 Å². The van der Waals surface area contributed by atoms with Gasteiger partial charge in [-0.05, 0) is 21.5 Å². The summed E-state index contributed by atoms with van der Waals surface area (Å²) >= 11 is 6.27. The number of halogens is 4. The fraction of sp³-hybridized carbons (Fsp3) is 0.286. The molecule has 1 rings (SSSR count). The summed E-state index contributed by atoms with van der Waals surface area (Å²) < 4.78 is 25.0. The molecule has 0 fully saturated rings. The number of rotatable bonds is 2. The Morgan fingerprint density at radius 3 is 2.58 bits per heavy atom. The van der Waals surface area contributed by atoms with Crippen molar-refractivity contribution in [2.45, 2.75) is 11.8 Å². The van der Waals surface area contributed by atoms with Gasteiger partial charge in [0, 0.05) is 22.2 Å². The van der Waals surface area contributed by atoms with E-state index in [-0.39, 0.29) is 5.56 Å². The van der Waals surface area contributed by atoms with Crippen molar-refractivity contribution in [1.82, 2.24) is 4.98 Å². The minimum absolute atomic E-state index is 0.0630. The summed E-state index contributed by atoms with van der Waals surface area (Å²) in [5.41, 5.74) is 0.666. The zero-order chi connectivity index (χ0) is 9.14. The Labute approximate surface area is 85.4 Å². The van der Waals surface area contributed by atoms with E-state index in [1.807, 2.05) is 0 Å². The lowest BCUT2D eigenvalue weighted by atomic mass is 10.2. The maximum absolute atomic E-state index is 12.3. The van der Waals surface area contributed by atoms with Gasteiger partial charge in [-0.3, -0.25) is 4.98 Å². The third-order valence-corrected chi connectivity index (χ3v) is 2.93. The molecule has 1 heterocycles. The van der Waals surface area contributed by atoms with Crippen LogP contribution in [-0.4, -0.2) is 4.98 Å². The minimum atomic E-state index is -2.48. The summed E-state index contributed by atoms with van der Waals surface area (Å²) in [6.45, 7) is 0. The van der Waals surface area contributed by atoms with Crippen molar-refractivity contribution in [3.63, 3.8) is 0 Å². The lowest BCUT2D eigenvalue weighted by Crippen LogP contribution is -1.92. The molecule has 0 aliphatic carbocycles. The minimum Gasteiger partial charge on any atom is -0.264 e. The smallest absolute Gasteiger partial charge is 0.264 e. The van der Waals surface area contributed by atoms with Crippen LogP contribution in [0.25, 0.3) is 0 Å². The molecule has 1 nitrogen and oxygen atoms in total. The Hall–Kier alpha value is -0.0300. The van der Waals surface area contributed by atoms with Crippen LogP contribution in [0.4, 0.5) is 8.78 Å². The second-order valence-electron chi connectivity index (χ2n) is 2.14. The topological polar surface area (TPSA) is 12.9 Å². The average Bonchev–Trinajstić information content (AvgIpc) is 2.04. The number of hydrogen-bond donors (Lipinski definition) is 0. The van der Waals surface area contributed by atoms with Crippen LogP contribution >= 0.6 is 31.9 Å². The highest BCUT2D eigenvalue weighted by Crippen LogP contribution is 2.29. The van der Waals surface area contributed by atoms with Gasteiger partial charge >= 0.3 is 0 Å². The highest BCUT2D eigenvalue weighted by molar-refractivity contribution is 9.10. The number of nitrogens with zero attached hydrogens (tertiary/aromatic N) is 1. The molecule has 0 N–H and O–H groups in total. The van der Waals surface area contributed by atoms with Gasteiger partial charge in [0.1, 0.15) is 0 Å². The van der Waals surface area contributed by atoms with E-state index in [4.69, 9.17) is 0 Å². The van der Waals surface area contributed by atoms with Crippen molar-refractivity contribution >= 4 is 31.9 Å². The summed E-state index contributed by atoms with van der Waals surface area (Å²) in [6, 6.07) is 0. The molecule has 0 aliphatic rings. The van der Waals surface area contributed by atoms with Gasteiger partial charge in [0.05, 0.1) is 5.56 Å². The molecule has 0 bridgehead atoms. The molecule has 0 saturated carbocycles. The van der Waals surface area contributed by atoms with Crippen LogP contribution in [0, 0.1) is 0 Å². The second kappa shape index (κ2) is 4.28. The molecule has 0 atom stereocenters. The van der Waals surface area contributed by atoms with E-state index in [2.05, 4.69) is 36.8 Å². The number of hydrogen-bond acceptors (Lipinski definition) is 1. The van der Waals surface area contributed by atoms with E-state index in [9.17, 15) is 8.78 Å². The Bertz CT molecular complexity index is 278. The first-order chi connectivity index (χ1) is 5.66. The van der Waals surface area contributed by atoms with Crippen molar-refractivity contribution in [2.24, 2.45) is 0 Å². The number of aromatic nitrogens is 1. The van der Waals surface area contributed by atoms with Gasteiger partial charge in [-0.25, -0.2) is 8.78 Å². The first kappa shape index (κ1) is 10.1. The Kier molecular flexibility index (Phi) is 3.58. The molecule has 0 aliphatic heterocycles. The van der Waals surface area contributed by atoms with Gasteiger partial charge in [0.2, 0.25) is 0 Å². The maximum Gasteiger partial charge on any atom is 0.266 e. The summed E-state index contributed by atoms with van der Waals surface area (Å²) in [4.78, 5) is 3.70. The van der Waals surface area contributed by atoms with Crippen LogP contribution in [0.15, 0.2) is 16.9 Å². The van der Waals surface area contributed by atoms with Crippen LogP contribution in [0.1, 0.15) is 17.6 Å². The van der Waals surface area contributed by atoms with Crippen LogP contribution < -0.4 is 0 Å². The standard InChI is InChI=1S/C7H5Br2F2N/c8-1-4-2-12-3-5(6(4)9)7(10)11/h2-3,7H,1H2. The second-order valence-corrected chi connectivity index (χ2v) is 3.49. The van der Waals surface area contributed by atoms with Crippen LogP contribution in [0.5, 0.6) is 0 Å². The van der Waals surface area contributed by atoms with Gasteiger partial charge in [-0.1, -0.05) is 15.9 Å². The molecule has 5 heteroatoms. The summed E-state index contributed by atoms with van der Waals surface area (Å²) in [7, 11) is 0. The van der Waals surface area contributed by atoms with Crippen LogP contribution in [0.3, 0.4) is 0 Å². The Balaban J connectivity index is 3.14. The van der Waals surface area contributed by atoms with Gasteiger partial charge in [-0.2, -0.15) is 0 Å². The SMILES string of the molecule is FC(F)c1cncc(CBr)c1Br. The largest absolute Gasteiger partial charge is 0.266 e. The van der Waals surface area contributed by atoms with E-state index in [1.165, 1.54) is 6.20 Å². The molecule has 0 saturated heterocycles. The normalized spacial score (nSPS) is 10.8. The van der Waals surface area contributed by atoms with Crippen molar-refractivity contribution in [3.05, 3.63) is 28.0 Å². The van der Waals surface area contributed by atoms with Gasteiger partial charge in [0.25, 0.3) is 6.43 Å². The predicted octanol–water partition coefficient (Wildman–Crippen LogP) is 3.68. The summed E-state index contributed by atoms with van der Waals surface area (Å²) in [6.07, 6.45) is 0.233. The highest BCUT2D eigenvalue weighted by atomic mass is 79.9. The number of pyridine rings is 1. The highest BCUT2D eigenvalue weighted by Gasteiger charge is 2.13. The fourth-order valence-corrected chi connectivity index (χ4v) is 2.07. The molecule has 0 aromatic carbocycles. The molecule has 1 aromatic rings. The van der Waals surface area contributed by atoms with E-state index in [0.29, 0.717) is 9.80 Å². The molecular formula is C7H5Br2F2N. The summed E-state index contributed by atoms with van der Waals surface area (Å²) in [5.74, 6) is 0. The quantitative estimate of drug-likeness (QED) is 0.759. The van der Waals surface area contributed by atoms with Gasteiger partial charge in [0.15, 0.2) is 0 Å². The Morgan fingerprint density at radius 1 is 1.42 bits per heavy atom. The van der Waals surface area contributed by atoms with Crippen molar-refractivity contribution in [2.75, 3.05) is 0 Å². The lowest BCUT2D eigenvalue weighted by Gasteiger charge is -2.05. The molecule has 12 heavy (non-hydrogen) atoms. The molecular weight excluding hydrogens is 296 g/mol. The molecule has 0 unspecified atom stereocenters. The maximum atomic E-state index is 12.3. The first-order valence-electron chi connectivity index (χ1n) is 3.13. The third kappa shape index (κ3) is 2.01. The van der Waals surface area contributed by atoms with Gasteiger partial charge < -0.3 is 0 Å². The zero-order valence-electron chi connectivity index (χ0n) is 5.90. The van der Waals surface area contributed by atoms with E-state index in [0.717, 1.165) is 5.56 Å². The lowest BCUT2D eigenvalue weighted by molar-refractivity contribution is 0.150. The summed E-state index contributed by atoms with van der Waals surface area (Å²) in [5, 5.41) is 0.515. The van der Waals surface area contributed by atoms with Crippen molar-refractivity contribution in [1.29, 1.82) is 0 Å². The fourth-order valence-electron chi connectivity index (χ4n) is 0.752. The predicted molar refractivity (Wildman–Crippen MR) is 49.5 cm³/mol. The van der Waals surface area contributed by atoms with E-state index < -0.39 is 6.43 Å². The third-order valence-electron chi connectivity index (χ3n) is 1.36. The molecule has 0 radical (unpaired) electrons. The number of alkyl halides is 3. The molecule has 0 amide bonds. The van der Waals surface area contributed by atoms with Crippen LogP contribution in [-0.2, 0) is 5.33 Å². The monoisotopic (exact) mass is 299 g/mol. The average molecular weight is 301 g/mol. The van der Waals surface area contributed by atoms with Crippen LogP contribution in [0.2, 0.25) is 0 Å².